The molecule has 10 nitrogen and oxygen atoms in total. The second kappa shape index (κ2) is 9.32. The van der Waals surface area contributed by atoms with Crippen molar-refractivity contribution in [3.05, 3.63) is 38.9 Å². The zero-order chi connectivity index (χ0) is 22.6. The molecule has 3 rings (SSSR count). The number of hydrogen-bond acceptors (Lipinski definition) is 7. The maximum atomic E-state index is 12.2. The summed E-state index contributed by atoms with van der Waals surface area (Å²) in [5, 5.41) is 17.9. The molecule has 1 heterocycles. The Hall–Kier alpha value is -3.17. The van der Waals surface area contributed by atoms with Gasteiger partial charge in [0.2, 0.25) is 0 Å². The van der Waals surface area contributed by atoms with E-state index in [0.29, 0.717) is 5.52 Å². The van der Waals surface area contributed by atoms with Crippen LogP contribution in [-0.2, 0) is 4.74 Å². The smallest absolute Gasteiger partial charge is 0.407 e. The minimum atomic E-state index is -0.617. The molecule has 0 radical (unpaired) electrons. The second-order valence-electron chi connectivity index (χ2n) is 8.91. The van der Waals surface area contributed by atoms with Gasteiger partial charge in [-0.1, -0.05) is 19.3 Å². The van der Waals surface area contributed by atoms with Crippen molar-refractivity contribution in [1.29, 1.82) is 0 Å². The van der Waals surface area contributed by atoms with Crippen LogP contribution < -0.4 is 16.2 Å². The molecular weight excluding hydrogens is 402 g/mol. The molecule has 168 valence electrons. The summed E-state index contributed by atoms with van der Waals surface area (Å²) in [6.07, 6.45) is 5.98. The number of alkyl carbamates (subject to hydrolysis) is 1. The van der Waals surface area contributed by atoms with Gasteiger partial charge in [-0.3, -0.25) is 14.9 Å². The number of carbonyl (C=O) groups excluding carboxylic acids is 1. The molecule has 1 fully saturated rings. The van der Waals surface area contributed by atoms with Gasteiger partial charge in [0.25, 0.3) is 11.2 Å². The van der Waals surface area contributed by atoms with E-state index >= 15 is 0 Å². The molecular formula is C21H29N5O5. The van der Waals surface area contributed by atoms with E-state index in [1.54, 1.807) is 20.8 Å². The van der Waals surface area contributed by atoms with Crippen LogP contribution in [0.3, 0.4) is 0 Å². The van der Waals surface area contributed by atoms with Crippen LogP contribution in [0.4, 0.5) is 16.2 Å². The van der Waals surface area contributed by atoms with E-state index in [1.165, 1.54) is 18.5 Å². The summed E-state index contributed by atoms with van der Waals surface area (Å²) in [6.45, 7) is 5.63. The van der Waals surface area contributed by atoms with E-state index < -0.39 is 22.2 Å². The van der Waals surface area contributed by atoms with Gasteiger partial charge in [-0.25, -0.2) is 9.78 Å². The molecule has 31 heavy (non-hydrogen) atoms. The van der Waals surface area contributed by atoms with Crippen LogP contribution in [0.1, 0.15) is 52.9 Å². The minimum absolute atomic E-state index is 0.154. The Bertz CT molecular complexity index is 1010. The molecule has 3 N–H and O–H groups in total. The molecule has 1 aliphatic carbocycles. The predicted molar refractivity (Wildman–Crippen MR) is 117 cm³/mol. The third-order valence-corrected chi connectivity index (χ3v) is 5.38. The van der Waals surface area contributed by atoms with Crippen molar-refractivity contribution in [3.8, 4) is 0 Å². The Morgan fingerprint density at radius 3 is 2.68 bits per heavy atom. The van der Waals surface area contributed by atoms with E-state index in [2.05, 4.69) is 20.6 Å². The number of carbonyl (C=O) groups is 1. The zero-order valence-electron chi connectivity index (χ0n) is 18.1. The van der Waals surface area contributed by atoms with Crippen molar-refractivity contribution in [1.82, 2.24) is 15.3 Å². The van der Waals surface area contributed by atoms with E-state index in [9.17, 15) is 19.7 Å². The highest BCUT2D eigenvalue weighted by atomic mass is 16.6. The van der Waals surface area contributed by atoms with Crippen LogP contribution >= 0.6 is 0 Å². The molecule has 2 aromatic rings. The van der Waals surface area contributed by atoms with Crippen LogP contribution in [0.2, 0.25) is 0 Å². The van der Waals surface area contributed by atoms with Gasteiger partial charge in [-0.2, -0.15) is 0 Å². The van der Waals surface area contributed by atoms with E-state index in [0.717, 1.165) is 32.1 Å². The fraction of sp³-hybridized carbons (Fsp3) is 0.571. The highest BCUT2D eigenvalue weighted by molar-refractivity contribution is 5.86. The van der Waals surface area contributed by atoms with Gasteiger partial charge < -0.3 is 20.4 Å². The monoisotopic (exact) mass is 431 g/mol. The summed E-state index contributed by atoms with van der Waals surface area (Å²) >= 11 is 0. The maximum absolute atomic E-state index is 12.2. The van der Waals surface area contributed by atoms with Crippen molar-refractivity contribution >= 4 is 28.4 Å². The fourth-order valence-electron chi connectivity index (χ4n) is 3.95. The number of benzene rings is 1. The zero-order valence-corrected chi connectivity index (χ0v) is 18.1. The first-order valence-electron chi connectivity index (χ1n) is 10.5. The Morgan fingerprint density at radius 2 is 2.03 bits per heavy atom. The average Bonchev–Trinajstić information content (AvgIpc) is 2.70. The van der Waals surface area contributed by atoms with Crippen molar-refractivity contribution in [3.63, 3.8) is 0 Å². The number of aromatic nitrogens is 2. The van der Waals surface area contributed by atoms with Crippen LogP contribution in [-0.4, -0.2) is 39.2 Å². The molecule has 0 unspecified atom stereocenters. The number of amides is 1. The summed E-state index contributed by atoms with van der Waals surface area (Å²) in [5.74, 6) is 0.242. The van der Waals surface area contributed by atoms with E-state index in [4.69, 9.17) is 4.74 Å². The van der Waals surface area contributed by atoms with Crippen LogP contribution in [0, 0.1) is 16.0 Å². The van der Waals surface area contributed by atoms with Gasteiger partial charge in [-0.15, -0.1) is 0 Å². The number of hydrogen-bond donors (Lipinski definition) is 3. The number of ether oxygens (including phenoxy) is 1. The lowest BCUT2D eigenvalue weighted by atomic mass is 9.83. The number of nitro benzene ring substituents is 1. The Labute approximate surface area is 179 Å². The van der Waals surface area contributed by atoms with Gasteiger partial charge in [0.05, 0.1) is 22.2 Å². The largest absolute Gasteiger partial charge is 0.444 e. The Balaban J connectivity index is 1.88. The lowest BCUT2D eigenvalue weighted by Gasteiger charge is -2.32. The van der Waals surface area contributed by atoms with E-state index in [-0.39, 0.29) is 35.3 Å². The lowest BCUT2D eigenvalue weighted by Crippen LogP contribution is -2.43. The molecule has 1 amide bonds. The highest BCUT2D eigenvalue weighted by Gasteiger charge is 2.28. The normalized spacial score (nSPS) is 16.0. The first-order chi connectivity index (χ1) is 14.6. The molecule has 1 atom stereocenters. The van der Waals surface area contributed by atoms with Crippen molar-refractivity contribution in [2.75, 3.05) is 11.9 Å². The predicted octanol–water partition coefficient (Wildman–Crippen LogP) is 3.72. The number of nitro groups is 1. The number of anilines is 1. The van der Waals surface area contributed by atoms with Crippen molar-refractivity contribution < 1.29 is 14.5 Å². The van der Waals surface area contributed by atoms with Gasteiger partial charge in [-0.05, 0) is 45.6 Å². The van der Waals surface area contributed by atoms with Gasteiger partial charge >= 0.3 is 6.09 Å². The molecule has 0 aliphatic heterocycles. The average molecular weight is 431 g/mol. The van der Waals surface area contributed by atoms with Crippen LogP contribution in [0.25, 0.3) is 10.9 Å². The second-order valence-corrected chi connectivity index (χ2v) is 8.91. The van der Waals surface area contributed by atoms with Crippen LogP contribution in [0.15, 0.2) is 23.3 Å². The number of H-pyrrole nitrogens is 1. The number of nitrogens with one attached hydrogen (secondary N) is 3. The van der Waals surface area contributed by atoms with Gasteiger partial charge in [0, 0.05) is 18.7 Å². The fourth-order valence-corrected chi connectivity index (χ4v) is 3.95. The number of nitrogens with zero attached hydrogens (tertiary/aromatic N) is 2. The molecule has 1 aromatic carbocycles. The molecule has 0 spiro atoms. The molecule has 10 heteroatoms. The summed E-state index contributed by atoms with van der Waals surface area (Å²) in [4.78, 5) is 41.9. The lowest BCUT2D eigenvalue weighted by molar-refractivity contribution is -0.383. The first kappa shape index (κ1) is 22.5. The molecule has 1 aliphatic rings. The number of rotatable bonds is 6. The summed E-state index contributed by atoms with van der Waals surface area (Å²) in [6, 6.07) is 2.53. The molecule has 1 saturated carbocycles. The topological polar surface area (TPSA) is 139 Å². The number of fused-ring (bicyclic) bond motifs is 1. The molecule has 0 bridgehead atoms. The minimum Gasteiger partial charge on any atom is -0.444 e. The van der Waals surface area contributed by atoms with Gasteiger partial charge in [0.15, 0.2) is 0 Å². The summed E-state index contributed by atoms with van der Waals surface area (Å²) in [7, 11) is 0. The first-order valence-corrected chi connectivity index (χ1v) is 10.5. The van der Waals surface area contributed by atoms with E-state index in [1.807, 2.05) is 0 Å². The standard InChI is InChI=1S/C21H29N5O5/c1-21(2,3)31-20(28)22-11-17(13-7-5-4-6-8-13)25-16-10-15-14(9-18(16)26(29)30)19(27)24-12-23-15/h9-10,12-13,17,25H,4-8,11H2,1-3H3,(H,22,28)(H,23,24,27)/t17-/m1/s1. The van der Waals surface area contributed by atoms with Crippen molar-refractivity contribution in [2.45, 2.75) is 64.5 Å². The van der Waals surface area contributed by atoms with Crippen LogP contribution in [0.5, 0.6) is 0 Å². The number of aromatic amines is 1. The highest BCUT2D eigenvalue weighted by Crippen LogP contribution is 2.32. The molecule has 1 aromatic heterocycles. The SMILES string of the molecule is CC(C)(C)OC(=O)NC[C@@H](Nc1cc2nc[nH]c(=O)c2cc1[N+](=O)[O-])C1CCCCC1. The Kier molecular flexibility index (Phi) is 6.77. The molecule has 0 saturated heterocycles. The summed E-state index contributed by atoms with van der Waals surface area (Å²) < 4.78 is 5.32. The quantitative estimate of drug-likeness (QED) is 0.468. The maximum Gasteiger partial charge on any atom is 0.407 e. The summed E-state index contributed by atoms with van der Waals surface area (Å²) in [5.41, 5.74) is -0.621. The Morgan fingerprint density at radius 1 is 1.32 bits per heavy atom. The third kappa shape index (κ3) is 5.93. The van der Waals surface area contributed by atoms with Crippen molar-refractivity contribution in [2.24, 2.45) is 5.92 Å². The van der Waals surface area contributed by atoms with Gasteiger partial charge in [0.1, 0.15) is 11.3 Å². The third-order valence-electron chi connectivity index (χ3n) is 5.38.